The van der Waals surface area contributed by atoms with Crippen LogP contribution in [0.5, 0.6) is 0 Å². The van der Waals surface area contributed by atoms with Crippen LogP contribution in [-0.2, 0) is 10.0 Å². The maximum absolute atomic E-state index is 12.8. The van der Waals surface area contributed by atoms with E-state index in [0.717, 1.165) is 18.4 Å². The van der Waals surface area contributed by atoms with E-state index in [1.807, 2.05) is 30.3 Å². The molecule has 1 aromatic rings. The molecular weight excluding hydrogens is 312 g/mol. The van der Waals surface area contributed by atoms with Gasteiger partial charge in [-0.3, -0.25) is 0 Å². The average Bonchev–Trinajstić information content (AvgIpc) is 3.01. The zero-order valence-corrected chi connectivity index (χ0v) is 13.9. The summed E-state index contributed by atoms with van der Waals surface area (Å²) in [4.78, 5) is 0. The molecule has 124 valence electrons. The number of hydrogen-bond donors (Lipinski definition) is 1. The van der Waals surface area contributed by atoms with Gasteiger partial charge in [0.15, 0.2) is 0 Å². The minimum atomic E-state index is -3.54. The first-order chi connectivity index (χ1) is 11.0. The van der Waals surface area contributed by atoms with Crippen molar-refractivity contribution in [1.82, 2.24) is 4.31 Å². The molecule has 1 heterocycles. The summed E-state index contributed by atoms with van der Waals surface area (Å²) in [6, 6.07) is 10.9. The molecule has 23 heavy (non-hydrogen) atoms. The van der Waals surface area contributed by atoms with Crippen LogP contribution in [-0.4, -0.2) is 36.2 Å². The lowest BCUT2D eigenvalue weighted by atomic mass is 9.72. The van der Waals surface area contributed by atoms with E-state index < -0.39 is 27.6 Å². The Kier molecular flexibility index (Phi) is 4.45. The van der Waals surface area contributed by atoms with Gasteiger partial charge in [0, 0.05) is 6.54 Å². The molecule has 1 saturated heterocycles. The molecule has 0 amide bonds. The van der Waals surface area contributed by atoms with E-state index in [9.17, 15) is 18.8 Å². The maximum atomic E-state index is 12.8. The summed E-state index contributed by atoms with van der Waals surface area (Å²) in [7, 11) is -3.54. The highest BCUT2D eigenvalue weighted by molar-refractivity contribution is 7.89. The number of nitrogens with zero attached hydrogens (tertiary/aromatic N) is 2. The van der Waals surface area contributed by atoms with Crippen molar-refractivity contribution in [3.8, 4) is 6.07 Å². The molecule has 2 aliphatic rings. The summed E-state index contributed by atoms with van der Waals surface area (Å²) in [6.45, 7) is 0.429. The Labute approximate surface area is 137 Å². The molecule has 2 unspecified atom stereocenters. The first-order valence-electron chi connectivity index (χ1n) is 8.11. The number of sulfonamides is 1. The van der Waals surface area contributed by atoms with E-state index in [-0.39, 0.29) is 5.75 Å². The van der Waals surface area contributed by atoms with E-state index in [1.54, 1.807) is 0 Å². The van der Waals surface area contributed by atoms with Gasteiger partial charge in [-0.25, -0.2) is 8.42 Å². The minimum absolute atomic E-state index is 0.117. The topological polar surface area (TPSA) is 81.4 Å². The highest BCUT2D eigenvalue weighted by atomic mass is 32.2. The van der Waals surface area contributed by atoms with Crippen LogP contribution < -0.4 is 0 Å². The van der Waals surface area contributed by atoms with Crippen LogP contribution in [0.4, 0.5) is 0 Å². The fourth-order valence-corrected chi connectivity index (χ4v) is 5.88. The monoisotopic (exact) mass is 334 g/mol. The Morgan fingerprint density at radius 2 is 2.00 bits per heavy atom. The second-order valence-corrected chi connectivity index (χ2v) is 8.60. The zero-order chi connectivity index (χ0) is 16.5. The van der Waals surface area contributed by atoms with Crippen molar-refractivity contribution in [2.45, 2.75) is 44.2 Å². The standard InChI is InChI=1S/C17H22N2O3S/c18-12-17(9-5-10-17)13-23(21,22)19-11-4-8-15(19)16(20)14-6-2-1-3-7-14/h1-3,6-7,15-16,20H,4-5,8-11,13H2. The highest BCUT2D eigenvalue weighted by Crippen LogP contribution is 2.43. The Balaban J connectivity index is 1.80. The zero-order valence-electron chi connectivity index (χ0n) is 13.1. The van der Waals surface area contributed by atoms with Crippen LogP contribution >= 0.6 is 0 Å². The van der Waals surface area contributed by atoms with Crippen molar-refractivity contribution in [1.29, 1.82) is 5.26 Å². The Hall–Kier alpha value is -1.42. The van der Waals surface area contributed by atoms with E-state index in [4.69, 9.17) is 0 Å². The molecular formula is C17H22N2O3S. The Bertz CT molecular complexity index is 692. The van der Waals surface area contributed by atoms with E-state index in [2.05, 4.69) is 6.07 Å². The number of nitriles is 1. The van der Waals surface area contributed by atoms with Gasteiger partial charge >= 0.3 is 0 Å². The van der Waals surface area contributed by atoms with Crippen LogP contribution in [0.2, 0.25) is 0 Å². The van der Waals surface area contributed by atoms with Gasteiger partial charge in [-0.2, -0.15) is 9.57 Å². The molecule has 2 fully saturated rings. The van der Waals surface area contributed by atoms with Gasteiger partial charge in [-0.05, 0) is 31.2 Å². The van der Waals surface area contributed by atoms with Gasteiger partial charge in [0.05, 0.1) is 29.4 Å². The van der Waals surface area contributed by atoms with Gasteiger partial charge in [0.25, 0.3) is 0 Å². The molecule has 1 aliphatic heterocycles. The van der Waals surface area contributed by atoms with Crippen molar-refractivity contribution >= 4 is 10.0 Å². The molecule has 0 radical (unpaired) electrons. The van der Waals surface area contributed by atoms with Gasteiger partial charge in [-0.1, -0.05) is 36.8 Å². The molecule has 1 N–H and O–H groups in total. The smallest absolute Gasteiger partial charge is 0.216 e. The molecule has 3 rings (SSSR count). The lowest BCUT2D eigenvalue weighted by Crippen LogP contribution is -2.45. The second-order valence-electron chi connectivity index (χ2n) is 6.68. The summed E-state index contributed by atoms with van der Waals surface area (Å²) in [5.41, 5.74) is 0.0159. The van der Waals surface area contributed by atoms with Crippen LogP contribution in [0.15, 0.2) is 30.3 Å². The largest absolute Gasteiger partial charge is 0.387 e. The summed E-state index contributed by atoms with van der Waals surface area (Å²) >= 11 is 0. The average molecular weight is 334 g/mol. The first-order valence-corrected chi connectivity index (χ1v) is 9.72. The van der Waals surface area contributed by atoms with Crippen LogP contribution in [0, 0.1) is 16.7 Å². The summed E-state index contributed by atoms with van der Waals surface area (Å²) in [6.07, 6.45) is 2.79. The normalized spacial score (nSPS) is 25.5. The third-order valence-corrected chi connectivity index (χ3v) is 7.20. The van der Waals surface area contributed by atoms with Crippen molar-refractivity contribution in [2.75, 3.05) is 12.3 Å². The van der Waals surface area contributed by atoms with E-state index >= 15 is 0 Å². The summed E-state index contributed by atoms with van der Waals surface area (Å²) in [5, 5.41) is 19.9. The van der Waals surface area contributed by atoms with Crippen LogP contribution in [0.25, 0.3) is 0 Å². The van der Waals surface area contributed by atoms with Crippen LogP contribution in [0.1, 0.15) is 43.8 Å². The van der Waals surface area contributed by atoms with Gasteiger partial charge < -0.3 is 5.11 Å². The van der Waals surface area contributed by atoms with E-state index in [0.29, 0.717) is 25.8 Å². The molecule has 6 heteroatoms. The highest BCUT2D eigenvalue weighted by Gasteiger charge is 2.46. The first kappa shape index (κ1) is 16.4. The molecule has 0 bridgehead atoms. The maximum Gasteiger partial charge on any atom is 0.216 e. The number of rotatable bonds is 5. The fourth-order valence-electron chi connectivity index (χ4n) is 3.62. The third kappa shape index (κ3) is 3.14. The summed E-state index contributed by atoms with van der Waals surface area (Å²) in [5.74, 6) is -0.117. The molecule has 0 spiro atoms. The number of benzene rings is 1. The molecule has 2 atom stereocenters. The van der Waals surface area contributed by atoms with Crippen molar-refractivity contribution in [3.05, 3.63) is 35.9 Å². The molecule has 1 saturated carbocycles. The quantitative estimate of drug-likeness (QED) is 0.895. The van der Waals surface area contributed by atoms with Crippen molar-refractivity contribution < 1.29 is 13.5 Å². The summed E-state index contributed by atoms with van der Waals surface area (Å²) < 4.78 is 27.1. The second kappa shape index (κ2) is 6.23. The van der Waals surface area contributed by atoms with Crippen molar-refractivity contribution in [3.63, 3.8) is 0 Å². The van der Waals surface area contributed by atoms with E-state index in [1.165, 1.54) is 4.31 Å². The molecule has 1 aromatic carbocycles. The predicted molar refractivity (Wildman–Crippen MR) is 86.8 cm³/mol. The third-order valence-electron chi connectivity index (χ3n) is 5.12. The molecule has 0 aromatic heterocycles. The van der Waals surface area contributed by atoms with Crippen molar-refractivity contribution in [2.24, 2.45) is 5.41 Å². The Morgan fingerprint density at radius 3 is 2.57 bits per heavy atom. The molecule has 1 aliphatic carbocycles. The minimum Gasteiger partial charge on any atom is -0.387 e. The van der Waals surface area contributed by atoms with Gasteiger partial charge in [0.2, 0.25) is 10.0 Å². The molecule has 5 nitrogen and oxygen atoms in total. The predicted octanol–water partition coefficient (Wildman–Crippen LogP) is 2.21. The fraction of sp³-hybridized carbons (Fsp3) is 0.588. The number of hydrogen-bond acceptors (Lipinski definition) is 4. The van der Waals surface area contributed by atoms with Crippen LogP contribution in [0.3, 0.4) is 0 Å². The Morgan fingerprint density at radius 1 is 1.30 bits per heavy atom. The lowest BCUT2D eigenvalue weighted by Gasteiger charge is -2.37. The number of aliphatic hydroxyl groups is 1. The van der Waals surface area contributed by atoms with Gasteiger partial charge in [-0.15, -0.1) is 0 Å². The number of aliphatic hydroxyl groups excluding tert-OH is 1. The lowest BCUT2D eigenvalue weighted by molar-refractivity contribution is 0.106. The van der Waals surface area contributed by atoms with Gasteiger partial charge in [0.1, 0.15) is 0 Å². The SMILES string of the molecule is N#CC1(CS(=O)(=O)N2CCCC2C(O)c2ccccc2)CCC1.